The number of benzene rings is 2. The van der Waals surface area contributed by atoms with E-state index in [2.05, 4.69) is 27.9 Å². The Morgan fingerprint density at radius 2 is 1.97 bits per heavy atom. The SMILES string of the molecule is CCn1c(C2CCCN2C(=O)Nc2ccc(Oc3ccc(F)cc3)nc2)nc2ccccc21. The van der Waals surface area contributed by atoms with Crippen molar-refractivity contribution in [1.82, 2.24) is 19.4 Å². The van der Waals surface area contributed by atoms with Crippen molar-refractivity contribution in [1.29, 1.82) is 0 Å². The third kappa shape index (κ3) is 4.24. The van der Waals surface area contributed by atoms with Crippen LogP contribution in [0.5, 0.6) is 11.6 Å². The number of ether oxygens (including phenoxy) is 1. The minimum absolute atomic E-state index is 0.0774. The topological polar surface area (TPSA) is 72.3 Å². The number of aryl methyl sites for hydroxylation is 1. The zero-order valence-electron chi connectivity index (χ0n) is 18.2. The molecule has 1 aliphatic heterocycles. The minimum atomic E-state index is -0.330. The van der Waals surface area contributed by atoms with E-state index in [1.807, 2.05) is 23.1 Å². The van der Waals surface area contributed by atoms with Gasteiger partial charge in [0.05, 0.1) is 29.0 Å². The lowest BCUT2D eigenvalue weighted by Crippen LogP contribution is -2.35. The number of rotatable bonds is 5. The molecule has 0 saturated carbocycles. The van der Waals surface area contributed by atoms with Crippen LogP contribution in [0.2, 0.25) is 0 Å². The number of anilines is 1. The molecule has 0 bridgehead atoms. The molecule has 4 aromatic rings. The lowest BCUT2D eigenvalue weighted by atomic mass is 10.2. The van der Waals surface area contributed by atoms with E-state index in [0.717, 1.165) is 36.2 Å². The molecule has 8 heteroatoms. The van der Waals surface area contributed by atoms with Gasteiger partial charge in [0.25, 0.3) is 0 Å². The summed E-state index contributed by atoms with van der Waals surface area (Å²) < 4.78 is 20.8. The number of carbonyl (C=O) groups is 1. The smallest absolute Gasteiger partial charge is 0.322 e. The highest BCUT2D eigenvalue weighted by molar-refractivity contribution is 5.89. The summed E-state index contributed by atoms with van der Waals surface area (Å²) in [4.78, 5) is 24.0. The molecule has 1 atom stereocenters. The van der Waals surface area contributed by atoms with Gasteiger partial charge in [-0.1, -0.05) is 12.1 Å². The number of fused-ring (bicyclic) bond motifs is 1. The molecule has 0 radical (unpaired) electrons. The van der Waals surface area contributed by atoms with Crippen LogP contribution in [0.25, 0.3) is 11.0 Å². The number of hydrogen-bond acceptors (Lipinski definition) is 4. The number of carbonyl (C=O) groups excluding carboxylic acids is 1. The third-order valence-electron chi connectivity index (χ3n) is 5.84. The summed E-state index contributed by atoms with van der Waals surface area (Å²) in [6, 6.07) is 16.9. The Hall–Kier alpha value is -3.94. The van der Waals surface area contributed by atoms with E-state index in [1.54, 1.807) is 18.3 Å². The van der Waals surface area contributed by atoms with Crippen molar-refractivity contribution >= 4 is 22.8 Å². The molecule has 0 spiro atoms. The Morgan fingerprint density at radius 1 is 1.15 bits per heavy atom. The van der Waals surface area contributed by atoms with Crippen molar-refractivity contribution in [3.8, 4) is 11.6 Å². The summed E-state index contributed by atoms with van der Waals surface area (Å²) >= 11 is 0. The van der Waals surface area contributed by atoms with Crippen LogP contribution in [-0.2, 0) is 6.54 Å². The van der Waals surface area contributed by atoms with Gasteiger partial charge < -0.3 is 19.5 Å². The van der Waals surface area contributed by atoms with Gasteiger partial charge >= 0.3 is 6.03 Å². The summed E-state index contributed by atoms with van der Waals surface area (Å²) in [5.74, 6) is 1.44. The van der Waals surface area contributed by atoms with Crippen molar-refractivity contribution < 1.29 is 13.9 Å². The maximum atomic E-state index is 13.1. The molecule has 1 saturated heterocycles. The van der Waals surface area contributed by atoms with Gasteiger partial charge in [-0.3, -0.25) is 0 Å². The summed E-state index contributed by atoms with van der Waals surface area (Å²) in [6.45, 7) is 3.56. The molecule has 1 unspecified atom stereocenters. The van der Waals surface area contributed by atoms with Crippen LogP contribution in [-0.4, -0.2) is 32.0 Å². The Morgan fingerprint density at radius 3 is 2.73 bits per heavy atom. The standard InChI is InChI=1S/C25H24FN5O2/c1-2-30-21-7-4-3-6-20(21)29-24(30)22-8-5-15-31(22)25(32)28-18-11-14-23(27-16-18)33-19-12-9-17(26)10-13-19/h3-4,6-7,9-14,16,22H,2,5,8,15H2,1H3,(H,28,32). The first-order valence-electron chi connectivity index (χ1n) is 11.0. The molecule has 1 fully saturated rings. The number of para-hydroxylation sites is 2. The predicted molar refractivity (Wildman–Crippen MR) is 124 cm³/mol. The highest BCUT2D eigenvalue weighted by Gasteiger charge is 2.33. The predicted octanol–water partition coefficient (Wildman–Crippen LogP) is 5.75. The first-order chi connectivity index (χ1) is 16.1. The van der Waals surface area contributed by atoms with Crippen LogP contribution in [0.3, 0.4) is 0 Å². The minimum Gasteiger partial charge on any atom is -0.439 e. The molecule has 2 amide bonds. The lowest BCUT2D eigenvalue weighted by molar-refractivity contribution is 0.204. The van der Waals surface area contributed by atoms with E-state index in [0.29, 0.717) is 23.9 Å². The molecule has 0 aliphatic carbocycles. The number of aromatic nitrogens is 3. The van der Waals surface area contributed by atoms with E-state index >= 15 is 0 Å². The van der Waals surface area contributed by atoms with Crippen molar-refractivity contribution in [2.24, 2.45) is 0 Å². The van der Waals surface area contributed by atoms with Gasteiger partial charge in [-0.15, -0.1) is 0 Å². The van der Waals surface area contributed by atoms with Gasteiger partial charge in [0, 0.05) is 19.2 Å². The number of amides is 2. The van der Waals surface area contributed by atoms with Crippen molar-refractivity contribution in [3.63, 3.8) is 0 Å². The molecular formula is C25H24FN5O2. The lowest BCUT2D eigenvalue weighted by Gasteiger charge is -2.25. The number of imidazole rings is 1. The van der Waals surface area contributed by atoms with E-state index in [9.17, 15) is 9.18 Å². The molecule has 168 valence electrons. The number of nitrogens with one attached hydrogen (secondary N) is 1. The second kappa shape index (κ2) is 8.90. The maximum Gasteiger partial charge on any atom is 0.322 e. The zero-order chi connectivity index (χ0) is 22.8. The summed E-state index contributed by atoms with van der Waals surface area (Å²) in [6.07, 6.45) is 3.34. The van der Waals surface area contributed by atoms with E-state index in [-0.39, 0.29) is 17.9 Å². The van der Waals surface area contributed by atoms with Crippen LogP contribution < -0.4 is 10.1 Å². The fourth-order valence-corrected chi connectivity index (χ4v) is 4.29. The van der Waals surface area contributed by atoms with E-state index in [4.69, 9.17) is 9.72 Å². The van der Waals surface area contributed by atoms with Gasteiger partial charge in [0.15, 0.2) is 0 Å². The highest BCUT2D eigenvalue weighted by Crippen LogP contribution is 2.34. The van der Waals surface area contributed by atoms with Crippen LogP contribution >= 0.6 is 0 Å². The van der Waals surface area contributed by atoms with Crippen LogP contribution in [0.15, 0.2) is 66.9 Å². The fourth-order valence-electron chi connectivity index (χ4n) is 4.29. The number of urea groups is 1. The fraction of sp³-hybridized carbons (Fsp3) is 0.240. The van der Waals surface area contributed by atoms with Crippen LogP contribution in [0.1, 0.15) is 31.6 Å². The number of hydrogen-bond donors (Lipinski definition) is 1. The second-order valence-electron chi connectivity index (χ2n) is 7.93. The van der Waals surface area contributed by atoms with Crippen LogP contribution in [0, 0.1) is 5.82 Å². The number of pyridine rings is 1. The Labute approximate surface area is 190 Å². The van der Waals surface area contributed by atoms with E-state index < -0.39 is 0 Å². The first-order valence-corrected chi connectivity index (χ1v) is 11.0. The molecule has 1 aliphatic rings. The van der Waals surface area contributed by atoms with Gasteiger partial charge in [0.2, 0.25) is 5.88 Å². The van der Waals surface area contributed by atoms with Gasteiger partial charge in [-0.2, -0.15) is 0 Å². The molecule has 5 rings (SSSR count). The third-order valence-corrected chi connectivity index (χ3v) is 5.84. The normalized spacial score (nSPS) is 15.7. The van der Waals surface area contributed by atoms with Gasteiger partial charge in [0.1, 0.15) is 17.4 Å². The quantitative estimate of drug-likeness (QED) is 0.424. The molecule has 1 N–H and O–H groups in total. The summed E-state index contributed by atoms with van der Waals surface area (Å²) in [5, 5.41) is 2.94. The first kappa shape index (κ1) is 20.9. The second-order valence-corrected chi connectivity index (χ2v) is 7.93. The van der Waals surface area contributed by atoms with Crippen molar-refractivity contribution in [2.75, 3.05) is 11.9 Å². The zero-order valence-corrected chi connectivity index (χ0v) is 18.2. The Kier molecular flexibility index (Phi) is 5.64. The number of likely N-dealkylation sites (tertiary alicyclic amines) is 1. The van der Waals surface area contributed by atoms with Gasteiger partial charge in [-0.25, -0.2) is 19.2 Å². The highest BCUT2D eigenvalue weighted by atomic mass is 19.1. The molecule has 33 heavy (non-hydrogen) atoms. The molecule has 2 aromatic heterocycles. The summed E-state index contributed by atoms with van der Waals surface area (Å²) in [5.41, 5.74) is 2.60. The molecule has 3 heterocycles. The van der Waals surface area contributed by atoms with Gasteiger partial charge in [-0.05, 0) is 62.2 Å². The number of halogens is 1. The summed E-state index contributed by atoms with van der Waals surface area (Å²) in [7, 11) is 0. The van der Waals surface area contributed by atoms with Crippen molar-refractivity contribution in [2.45, 2.75) is 32.4 Å². The van der Waals surface area contributed by atoms with Crippen LogP contribution in [0.4, 0.5) is 14.9 Å². The monoisotopic (exact) mass is 445 g/mol. The molecule has 2 aromatic carbocycles. The molecule has 7 nitrogen and oxygen atoms in total. The average Bonchev–Trinajstić information content (AvgIpc) is 3.46. The van der Waals surface area contributed by atoms with E-state index in [1.165, 1.54) is 24.3 Å². The maximum absolute atomic E-state index is 13.1. The van der Waals surface area contributed by atoms with Crippen molar-refractivity contribution in [3.05, 3.63) is 78.5 Å². The Balaban J connectivity index is 1.30. The average molecular weight is 445 g/mol. The Bertz CT molecular complexity index is 1270. The largest absolute Gasteiger partial charge is 0.439 e. The molecular weight excluding hydrogens is 421 g/mol. The number of nitrogens with zero attached hydrogens (tertiary/aromatic N) is 4.